The van der Waals surface area contributed by atoms with Crippen molar-refractivity contribution in [2.45, 2.75) is 24.4 Å². The van der Waals surface area contributed by atoms with E-state index < -0.39 is 34.8 Å². The fourth-order valence-corrected chi connectivity index (χ4v) is 6.93. The minimum Gasteiger partial charge on any atom is -0.452 e. The van der Waals surface area contributed by atoms with E-state index in [1.165, 1.54) is 11.8 Å². The van der Waals surface area contributed by atoms with Crippen LogP contribution in [-0.4, -0.2) is 74.0 Å². The Morgan fingerprint density at radius 3 is 2.41 bits per heavy atom. The smallest absolute Gasteiger partial charge is 0.316 e. The molecule has 2 aliphatic rings. The van der Waals surface area contributed by atoms with Crippen molar-refractivity contribution in [2.75, 3.05) is 30.5 Å². The second-order valence-electron chi connectivity index (χ2n) is 9.45. The summed E-state index contributed by atoms with van der Waals surface area (Å²) < 4.78 is 10.1. The van der Waals surface area contributed by atoms with Crippen LogP contribution in [0.3, 0.4) is 0 Å². The van der Waals surface area contributed by atoms with Crippen LogP contribution in [0.1, 0.15) is 30.0 Å². The summed E-state index contributed by atoms with van der Waals surface area (Å²) in [6.45, 7) is 2.00. The third-order valence-corrected chi connectivity index (χ3v) is 9.34. The van der Waals surface area contributed by atoms with E-state index in [9.17, 15) is 14.4 Å². The maximum Gasteiger partial charge on any atom is 0.316 e. The third-order valence-electron chi connectivity index (χ3n) is 6.70. The zero-order valence-corrected chi connectivity index (χ0v) is 24.3. The Kier molecular flexibility index (Phi) is 8.76. The van der Waals surface area contributed by atoms with Gasteiger partial charge in [-0.1, -0.05) is 65.8 Å². The van der Waals surface area contributed by atoms with Gasteiger partial charge in [0.25, 0.3) is 5.91 Å². The number of halogens is 1. The molecule has 3 heterocycles. The Morgan fingerprint density at radius 2 is 1.85 bits per heavy atom. The first kappa shape index (κ1) is 28.8. The van der Waals surface area contributed by atoms with Gasteiger partial charge in [0.2, 0.25) is 17.4 Å². The highest BCUT2D eigenvalue weighted by atomic mass is 35.5. The third kappa shape index (κ3) is 5.88. The Morgan fingerprint density at radius 1 is 1.20 bits per heavy atom. The van der Waals surface area contributed by atoms with Gasteiger partial charge in [0.05, 0.1) is 0 Å². The summed E-state index contributed by atoms with van der Waals surface area (Å²) in [4.78, 5) is 50.6. The van der Waals surface area contributed by atoms with E-state index in [4.69, 9.17) is 26.9 Å². The van der Waals surface area contributed by atoms with Gasteiger partial charge in [-0.15, -0.1) is 23.4 Å². The number of anilines is 1. The molecule has 2 amide bonds. The number of rotatable bonds is 10. The number of thioether (sulfide) groups is 1. The fourth-order valence-electron chi connectivity index (χ4n) is 4.56. The number of ether oxygens (including phenoxy) is 1. The monoisotopic (exact) mass is 614 g/mol. The molecule has 2 fully saturated rings. The second-order valence-corrected chi connectivity index (χ2v) is 11.6. The van der Waals surface area contributed by atoms with Gasteiger partial charge >= 0.3 is 5.97 Å². The number of benzene rings is 2. The Hall–Kier alpha value is -3.68. The molecule has 2 aromatic carbocycles. The maximum atomic E-state index is 13.7. The molecule has 14 heteroatoms. The summed E-state index contributed by atoms with van der Waals surface area (Å²) in [5.74, 6) is -1.23. The van der Waals surface area contributed by atoms with Crippen molar-refractivity contribution in [3.8, 4) is 0 Å². The van der Waals surface area contributed by atoms with Gasteiger partial charge in [-0.3, -0.25) is 14.4 Å². The average molecular weight is 615 g/mol. The van der Waals surface area contributed by atoms with Crippen molar-refractivity contribution in [1.29, 1.82) is 0 Å². The van der Waals surface area contributed by atoms with Gasteiger partial charge in [-0.05, 0) is 18.1 Å². The van der Waals surface area contributed by atoms with Crippen LogP contribution < -0.4 is 11.1 Å². The van der Waals surface area contributed by atoms with Crippen LogP contribution in [0.15, 0.2) is 65.8 Å². The first-order valence-corrected chi connectivity index (χ1v) is 15.1. The van der Waals surface area contributed by atoms with Crippen LogP contribution >= 0.6 is 34.9 Å². The predicted octanol–water partition coefficient (Wildman–Crippen LogP) is 2.82. The number of fused-ring (bicyclic) bond motifs is 1. The van der Waals surface area contributed by atoms with E-state index >= 15 is 0 Å². The molecular formula is C27H27ClN6O5S2. The van der Waals surface area contributed by atoms with Gasteiger partial charge in [0.1, 0.15) is 23.4 Å². The standard InChI is InChI=1S/C27H27ClN6O5S2/c1-2-38-32-18(21-31-26(29)41-33-21)22(35)30-19-23(36)34-14-27(13-28,15-40-24(19)34)25(37)39-20(16-9-5-3-6-10-16)17-11-7-4-8-12-17/h3-12,19-20,24H,2,13-15H2,1H3,(H,30,35)(H2,29,31,33)/t19?,24-,27?/m1/s1. The van der Waals surface area contributed by atoms with Crippen LogP contribution in [-0.2, 0) is 24.0 Å². The molecular weight excluding hydrogens is 588 g/mol. The van der Waals surface area contributed by atoms with Gasteiger partial charge < -0.3 is 25.5 Å². The van der Waals surface area contributed by atoms with E-state index in [0.717, 1.165) is 22.7 Å². The van der Waals surface area contributed by atoms with Crippen LogP contribution in [0, 0.1) is 5.41 Å². The number of nitrogens with two attached hydrogens (primary N) is 1. The number of β-lactam (4-membered cyclic amide) rings is 1. The van der Waals surface area contributed by atoms with Gasteiger partial charge in [-0.2, -0.15) is 9.36 Å². The SMILES string of the molecule is CCON=C(C(=O)NC1C(=O)N2CC(CCl)(C(=O)OC(c3ccccc3)c3ccccc3)CS[C@H]12)c1nsc(N)n1. The molecule has 3 aromatic rings. The number of alkyl halides is 1. The van der Waals surface area contributed by atoms with Crippen molar-refractivity contribution in [2.24, 2.45) is 10.6 Å². The largest absolute Gasteiger partial charge is 0.452 e. The summed E-state index contributed by atoms with van der Waals surface area (Å²) in [6.07, 6.45) is -0.636. The quantitative estimate of drug-likeness (QED) is 0.116. The number of hydrogen-bond donors (Lipinski definition) is 2. The average Bonchev–Trinajstić information content (AvgIpc) is 3.44. The topological polar surface area (TPSA) is 149 Å². The number of aromatic nitrogens is 2. The normalized spacial score (nSPS) is 22.1. The Balaban J connectivity index is 1.29. The van der Waals surface area contributed by atoms with E-state index in [0.29, 0.717) is 5.75 Å². The molecule has 41 heavy (non-hydrogen) atoms. The number of nitrogen functional groups attached to an aromatic ring is 1. The molecule has 214 valence electrons. The number of carbonyl (C=O) groups is 3. The number of esters is 1. The molecule has 2 aliphatic heterocycles. The first-order valence-electron chi connectivity index (χ1n) is 12.8. The summed E-state index contributed by atoms with van der Waals surface area (Å²) in [5.41, 5.74) is 5.99. The highest BCUT2D eigenvalue weighted by molar-refractivity contribution is 8.00. The highest BCUT2D eigenvalue weighted by Crippen LogP contribution is 2.44. The molecule has 0 spiro atoms. The van der Waals surface area contributed by atoms with Crippen molar-refractivity contribution in [3.05, 3.63) is 77.6 Å². The zero-order valence-electron chi connectivity index (χ0n) is 21.9. The lowest BCUT2D eigenvalue weighted by Gasteiger charge is -2.53. The molecule has 2 saturated heterocycles. The molecule has 2 unspecified atom stereocenters. The molecule has 3 atom stereocenters. The lowest BCUT2D eigenvalue weighted by Crippen LogP contribution is -2.74. The number of oxime groups is 1. The molecule has 5 rings (SSSR count). The minimum atomic E-state index is -1.13. The van der Waals surface area contributed by atoms with Crippen molar-refractivity contribution in [3.63, 3.8) is 0 Å². The lowest BCUT2D eigenvalue weighted by atomic mass is 9.88. The number of carbonyl (C=O) groups excluding carboxylic acids is 3. The molecule has 0 radical (unpaired) electrons. The molecule has 11 nitrogen and oxygen atoms in total. The van der Waals surface area contributed by atoms with Crippen molar-refractivity contribution < 1.29 is 24.0 Å². The summed E-state index contributed by atoms with van der Waals surface area (Å²) >= 11 is 8.67. The zero-order chi connectivity index (χ0) is 29.0. The number of hydrogen-bond acceptors (Lipinski definition) is 11. The molecule has 0 bridgehead atoms. The number of amides is 2. The van der Waals surface area contributed by atoms with Crippen molar-refractivity contribution >= 4 is 63.5 Å². The summed E-state index contributed by atoms with van der Waals surface area (Å²) in [5, 5.41) is 6.30. The molecule has 1 aromatic heterocycles. The van der Waals surface area contributed by atoms with Crippen LogP contribution in [0.2, 0.25) is 0 Å². The summed E-state index contributed by atoms with van der Waals surface area (Å²) in [7, 11) is 0. The van der Waals surface area contributed by atoms with E-state index in [2.05, 4.69) is 19.8 Å². The van der Waals surface area contributed by atoms with Gasteiger partial charge in [0, 0.05) is 29.7 Å². The predicted molar refractivity (Wildman–Crippen MR) is 156 cm³/mol. The van der Waals surface area contributed by atoms with Crippen LogP contribution in [0.4, 0.5) is 5.13 Å². The number of nitrogens with one attached hydrogen (secondary N) is 1. The van der Waals surface area contributed by atoms with Crippen LogP contribution in [0.25, 0.3) is 0 Å². The lowest BCUT2D eigenvalue weighted by molar-refractivity contribution is -0.164. The van der Waals surface area contributed by atoms with E-state index in [1.807, 2.05) is 60.7 Å². The first-order chi connectivity index (χ1) is 19.9. The highest BCUT2D eigenvalue weighted by Gasteiger charge is 2.58. The molecule has 3 N–H and O–H groups in total. The second kappa shape index (κ2) is 12.5. The van der Waals surface area contributed by atoms with E-state index in [-0.39, 0.29) is 41.6 Å². The fraction of sp³-hybridized carbons (Fsp3) is 0.333. The number of nitrogens with zero attached hydrogens (tertiary/aromatic N) is 4. The summed E-state index contributed by atoms with van der Waals surface area (Å²) in [6, 6.07) is 18.1. The van der Waals surface area contributed by atoms with Gasteiger partial charge in [-0.25, -0.2) is 0 Å². The molecule has 0 aliphatic carbocycles. The van der Waals surface area contributed by atoms with Crippen molar-refractivity contribution in [1.82, 2.24) is 19.6 Å². The van der Waals surface area contributed by atoms with Gasteiger partial charge in [0.15, 0.2) is 11.2 Å². The molecule has 0 saturated carbocycles. The van der Waals surface area contributed by atoms with E-state index in [1.54, 1.807) is 11.8 Å². The maximum absolute atomic E-state index is 13.7. The Bertz CT molecular complexity index is 1400. The van der Waals surface area contributed by atoms with Crippen LogP contribution in [0.5, 0.6) is 0 Å². The minimum absolute atomic E-state index is 0.00802. The Labute approximate surface area is 249 Å².